The molecule has 2 rings (SSSR count). The fraction of sp³-hybridized carbons (Fsp3) is 0.125. The summed E-state index contributed by atoms with van der Waals surface area (Å²) in [6, 6.07) is 11.6. The summed E-state index contributed by atoms with van der Waals surface area (Å²) >= 11 is 3.30. The summed E-state index contributed by atoms with van der Waals surface area (Å²) in [5, 5.41) is 0. The highest BCUT2D eigenvalue weighted by Gasteiger charge is 2.13. The van der Waals surface area contributed by atoms with Crippen LogP contribution in [0.3, 0.4) is 0 Å². The molecule has 0 aliphatic carbocycles. The zero-order chi connectivity index (χ0) is 16.1. The summed E-state index contributed by atoms with van der Waals surface area (Å²) in [5.41, 5.74) is 6.72. The Bertz CT molecular complexity index is 698. The number of hydrogen-bond acceptors (Lipinski definition) is 4. The maximum absolute atomic E-state index is 12.1. The molecule has 0 aliphatic heterocycles. The molecule has 0 aliphatic rings. The average molecular weight is 364 g/mol. The van der Waals surface area contributed by atoms with Crippen molar-refractivity contribution in [2.24, 2.45) is 5.73 Å². The van der Waals surface area contributed by atoms with Crippen molar-refractivity contribution in [3.8, 4) is 5.75 Å². The van der Waals surface area contributed by atoms with Crippen LogP contribution in [0.15, 0.2) is 46.9 Å². The van der Waals surface area contributed by atoms with Crippen molar-refractivity contribution < 1.29 is 19.1 Å². The van der Waals surface area contributed by atoms with Gasteiger partial charge in [-0.05, 0) is 51.8 Å². The van der Waals surface area contributed by atoms with Crippen molar-refractivity contribution in [3.63, 3.8) is 0 Å². The van der Waals surface area contributed by atoms with Gasteiger partial charge in [-0.2, -0.15) is 0 Å². The van der Waals surface area contributed by atoms with Crippen LogP contribution in [0.2, 0.25) is 0 Å². The molecule has 22 heavy (non-hydrogen) atoms. The number of benzene rings is 2. The summed E-state index contributed by atoms with van der Waals surface area (Å²) in [4.78, 5) is 23.1. The monoisotopic (exact) mass is 363 g/mol. The Morgan fingerprint density at radius 1 is 1.14 bits per heavy atom. The maximum atomic E-state index is 12.1. The summed E-state index contributed by atoms with van der Waals surface area (Å²) in [6.07, 6.45) is 0. The van der Waals surface area contributed by atoms with Gasteiger partial charge >= 0.3 is 5.97 Å². The fourth-order valence-corrected chi connectivity index (χ4v) is 2.19. The predicted molar refractivity (Wildman–Crippen MR) is 84.8 cm³/mol. The Morgan fingerprint density at radius 2 is 1.82 bits per heavy atom. The minimum Gasteiger partial charge on any atom is -0.497 e. The lowest BCUT2D eigenvalue weighted by Crippen LogP contribution is -2.11. The summed E-state index contributed by atoms with van der Waals surface area (Å²) in [7, 11) is 1.53. The molecule has 5 nitrogen and oxygen atoms in total. The third-order valence-corrected chi connectivity index (χ3v) is 3.69. The van der Waals surface area contributed by atoms with E-state index >= 15 is 0 Å². The number of ether oxygens (including phenoxy) is 2. The molecule has 0 atom stereocenters. The van der Waals surface area contributed by atoms with Gasteiger partial charge in [0.25, 0.3) is 0 Å². The third kappa shape index (κ3) is 3.85. The molecule has 2 aromatic carbocycles. The molecule has 6 heteroatoms. The van der Waals surface area contributed by atoms with E-state index in [-0.39, 0.29) is 6.61 Å². The van der Waals surface area contributed by atoms with Crippen LogP contribution in [0.25, 0.3) is 0 Å². The first-order valence-corrected chi connectivity index (χ1v) is 7.20. The van der Waals surface area contributed by atoms with Crippen molar-refractivity contribution in [1.82, 2.24) is 0 Å². The van der Waals surface area contributed by atoms with Crippen molar-refractivity contribution in [3.05, 3.63) is 63.6 Å². The summed E-state index contributed by atoms with van der Waals surface area (Å²) < 4.78 is 11.0. The van der Waals surface area contributed by atoms with Gasteiger partial charge in [-0.25, -0.2) is 4.79 Å². The molecular formula is C16H14BrNO4. The van der Waals surface area contributed by atoms with E-state index < -0.39 is 11.9 Å². The van der Waals surface area contributed by atoms with Crippen LogP contribution < -0.4 is 10.5 Å². The van der Waals surface area contributed by atoms with Gasteiger partial charge in [0.1, 0.15) is 12.4 Å². The van der Waals surface area contributed by atoms with Gasteiger partial charge in [0.15, 0.2) is 0 Å². The second kappa shape index (κ2) is 7.09. The number of hydrogen-bond donors (Lipinski definition) is 1. The molecule has 114 valence electrons. The minimum atomic E-state index is -0.496. The topological polar surface area (TPSA) is 78.6 Å². The van der Waals surface area contributed by atoms with Crippen LogP contribution in [0, 0.1) is 0 Å². The quantitative estimate of drug-likeness (QED) is 0.828. The standard InChI is InChI=1S/C16H14BrNO4/c1-21-12-6-7-14(17)13(8-12)16(20)22-9-10-2-4-11(5-3-10)15(18)19/h2-8H,9H2,1H3,(H2,18,19). The van der Waals surface area contributed by atoms with Gasteiger partial charge in [0.05, 0.1) is 12.7 Å². The van der Waals surface area contributed by atoms with Gasteiger partial charge < -0.3 is 15.2 Å². The first kappa shape index (κ1) is 16.0. The maximum Gasteiger partial charge on any atom is 0.339 e. The Kier molecular flexibility index (Phi) is 5.16. The smallest absolute Gasteiger partial charge is 0.339 e. The van der Waals surface area contributed by atoms with E-state index in [0.717, 1.165) is 5.56 Å². The van der Waals surface area contributed by atoms with Crippen LogP contribution in [-0.4, -0.2) is 19.0 Å². The zero-order valence-electron chi connectivity index (χ0n) is 11.8. The largest absolute Gasteiger partial charge is 0.497 e. The highest BCUT2D eigenvalue weighted by Crippen LogP contribution is 2.23. The van der Waals surface area contributed by atoms with Crippen LogP contribution in [0.5, 0.6) is 5.75 Å². The first-order chi connectivity index (χ1) is 10.5. The third-order valence-electron chi connectivity index (χ3n) is 3.00. The van der Waals surface area contributed by atoms with E-state index in [2.05, 4.69) is 15.9 Å². The van der Waals surface area contributed by atoms with E-state index in [0.29, 0.717) is 21.3 Å². The Balaban J connectivity index is 2.05. The molecular weight excluding hydrogens is 350 g/mol. The van der Waals surface area contributed by atoms with E-state index in [1.54, 1.807) is 42.5 Å². The Hall–Kier alpha value is -2.34. The van der Waals surface area contributed by atoms with Crippen molar-refractivity contribution in [1.29, 1.82) is 0 Å². The number of primary amides is 1. The van der Waals surface area contributed by atoms with Crippen LogP contribution in [0.1, 0.15) is 26.3 Å². The number of rotatable bonds is 5. The molecule has 0 radical (unpaired) electrons. The zero-order valence-corrected chi connectivity index (χ0v) is 13.4. The number of methoxy groups -OCH3 is 1. The molecule has 2 N–H and O–H groups in total. The Labute approximate surface area is 136 Å². The molecule has 0 saturated heterocycles. The first-order valence-electron chi connectivity index (χ1n) is 6.40. The molecule has 0 saturated carbocycles. The van der Waals surface area contributed by atoms with Gasteiger partial charge in [-0.3, -0.25) is 4.79 Å². The van der Waals surface area contributed by atoms with Gasteiger partial charge in [0.2, 0.25) is 5.91 Å². The van der Waals surface area contributed by atoms with Crippen molar-refractivity contribution >= 4 is 27.8 Å². The van der Waals surface area contributed by atoms with E-state index in [1.165, 1.54) is 7.11 Å². The molecule has 0 fully saturated rings. The molecule has 0 spiro atoms. The number of nitrogens with two attached hydrogens (primary N) is 1. The van der Waals surface area contributed by atoms with Crippen molar-refractivity contribution in [2.45, 2.75) is 6.61 Å². The second-order valence-electron chi connectivity index (χ2n) is 4.48. The number of amides is 1. The van der Waals surface area contributed by atoms with Crippen LogP contribution >= 0.6 is 15.9 Å². The predicted octanol–water partition coefficient (Wildman–Crippen LogP) is 2.91. The van der Waals surface area contributed by atoms with Gasteiger partial charge in [-0.15, -0.1) is 0 Å². The van der Waals surface area contributed by atoms with E-state index in [1.807, 2.05) is 0 Å². The molecule has 1 amide bonds. The van der Waals surface area contributed by atoms with Gasteiger partial charge in [0, 0.05) is 10.0 Å². The molecule has 2 aromatic rings. The molecule has 0 aromatic heterocycles. The molecule has 0 unspecified atom stereocenters. The average Bonchev–Trinajstić information content (AvgIpc) is 2.53. The normalized spacial score (nSPS) is 10.1. The highest BCUT2D eigenvalue weighted by molar-refractivity contribution is 9.10. The second-order valence-corrected chi connectivity index (χ2v) is 5.34. The molecule has 0 bridgehead atoms. The van der Waals surface area contributed by atoms with Crippen LogP contribution in [0.4, 0.5) is 0 Å². The van der Waals surface area contributed by atoms with Crippen LogP contribution in [-0.2, 0) is 11.3 Å². The SMILES string of the molecule is COc1ccc(Br)c(C(=O)OCc2ccc(C(N)=O)cc2)c1. The number of halogens is 1. The molecule has 0 heterocycles. The lowest BCUT2D eigenvalue weighted by Gasteiger charge is -2.08. The van der Waals surface area contributed by atoms with Gasteiger partial charge in [-0.1, -0.05) is 12.1 Å². The van der Waals surface area contributed by atoms with E-state index in [4.69, 9.17) is 15.2 Å². The Morgan fingerprint density at radius 3 is 2.41 bits per heavy atom. The lowest BCUT2D eigenvalue weighted by molar-refractivity contribution is 0.0471. The summed E-state index contributed by atoms with van der Waals surface area (Å²) in [6.45, 7) is 0.0987. The summed E-state index contributed by atoms with van der Waals surface area (Å²) in [5.74, 6) is -0.394. The van der Waals surface area contributed by atoms with E-state index in [9.17, 15) is 9.59 Å². The van der Waals surface area contributed by atoms with Crippen molar-refractivity contribution in [2.75, 3.05) is 7.11 Å². The highest BCUT2D eigenvalue weighted by atomic mass is 79.9. The number of carbonyl (C=O) groups excluding carboxylic acids is 2. The minimum absolute atomic E-state index is 0.0987. The lowest BCUT2D eigenvalue weighted by atomic mass is 10.1. The number of esters is 1. The number of carbonyl (C=O) groups is 2. The fourth-order valence-electron chi connectivity index (χ4n) is 1.78.